The third-order valence-electron chi connectivity index (χ3n) is 3.39. The summed E-state index contributed by atoms with van der Waals surface area (Å²) in [7, 11) is 1.46. The van der Waals surface area contributed by atoms with Gasteiger partial charge in [0, 0.05) is 0 Å². The van der Waals surface area contributed by atoms with E-state index in [2.05, 4.69) is 0 Å². The molecule has 4 heteroatoms. The molecule has 0 radical (unpaired) electrons. The van der Waals surface area contributed by atoms with Gasteiger partial charge in [-0.25, -0.2) is 4.79 Å². The highest BCUT2D eigenvalue weighted by atomic mass is 16.5. The molecule has 1 aromatic carbocycles. The Bertz CT molecular complexity index is 491. The van der Waals surface area contributed by atoms with Gasteiger partial charge in [-0.3, -0.25) is 4.79 Å². The predicted molar refractivity (Wildman–Crippen MR) is 66.2 cm³/mol. The lowest BCUT2D eigenvalue weighted by molar-refractivity contribution is -0.131. The number of methoxy groups -OCH3 is 1. The molecule has 0 aliphatic heterocycles. The van der Waals surface area contributed by atoms with Crippen LogP contribution in [0, 0.1) is 0 Å². The molecule has 1 aliphatic carbocycles. The van der Waals surface area contributed by atoms with Gasteiger partial charge in [0.1, 0.15) is 5.75 Å². The van der Waals surface area contributed by atoms with Crippen LogP contribution >= 0.6 is 0 Å². The van der Waals surface area contributed by atoms with Gasteiger partial charge < -0.3 is 9.84 Å². The molecule has 0 spiro atoms. The van der Waals surface area contributed by atoms with Crippen molar-refractivity contribution in [3.05, 3.63) is 28.8 Å². The average molecular weight is 248 g/mol. The van der Waals surface area contributed by atoms with Crippen molar-refractivity contribution < 1.29 is 19.4 Å². The fourth-order valence-electron chi connectivity index (χ4n) is 2.51. The summed E-state index contributed by atoms with van der Waals surface area (Å²) in [4.78, 5) is 22.8. The Morgan fingerprint density at radius 1 is 1.17 bits per heavy atom. The number of ketones is 1. The molecule has 0 unspecified atom stereocenters. The van der Waals surface area contributed by atoms with Gasteiger partial charge in [0.2, 0.25) is 0 Å². The molecule has 96 valence electrons. The number of Topliss-reactive ketones (excluding diaryl/α,β-unsaturated/α-hetero) is 1. The Kier molecular flexibility index (Phi) is 3.65. The summed E-state index contributed by atoms with van der Waals surface area (Å²) in [6, 6.07) is 3.64. The van der Waals surface area contributed by atoms with Crippen LogP contribution in [0.4, 0.5) is 0 Å². The van der Waals surface area contributed by atoms with E-state index in [0.717, 1.165) is 43.2 Å². The summed E-state index contributed by atoms with van der Waals surface area (Å²) in [5.41, 5.74) is 2.18. The number of carbonyl (C=O) groups is 2. The van der Waals surface area contributed by atoms with Gasteiger partial charge in [0.05, 0.1) is 12.7 Å². The molecule has 4 nitrogen and oxygen atoms in total. The molecule has 18 heavy (non-hydrogen) atoms. The molecule has 1 aromatic rings. The van der Waals surface area contributed by atoms with Crippen molar-refractivity contribution in [1.29, 1.82) is 0 Å². The number of carboxylic acids is 1. The lowest BCUT2D eigenvalue weighted by atomic mass is 9.93. The van der Waals surface area contributed by atoms with E-state index in [-0.39, 0.29) is 5.56 Å². The van der Waals surface area contributed by atoms with Crippen molar-refractivity contribution in [3.63, 3.8) is 0 Å². The van der Waals surface area contributed by atoms with E-state index in [1.807, 2.05) is 6.07 Å². The molecule has 2 rings (SSSR count). The standard InChI is InChI=1S/C14H16O4/c1-18-11-8-7-9-5-3-2-4-6-10(9)12(11)13(15)14(16)17/h7-8H,2-6H2,1H3,(H,16,17). The molecular weight excluding hydrogens is 232 g/mol. The number of hydrogen-bond acceptors (Lipinski definition) is 3. The summed E-state index contributed by atoms with van der Waals surface area (Å²) in [5, 5.41) is 8.92. The number of benzene rings is 1. The summed E-state index contributed by atoms with van der Waals surface area (Å²) in [6.07, 6.45) is 4.83. The predicted octanol–water partition coefficient (Wildman–Crippen LogP) is 2.23. The minimum atomic E-state index is -1.43. The first-order valence-electron chi connectivity index (χ1n) is 6.11. The minimum absolute atomic E-state index is 0.240. The van der Waals surface area contributed by atoms with Crippen molar-refractivity contribution in [2.24, 2.45) is 0 Å². The van der Waals surface area contributed by atoms with Gasteiger partial charge in [-0.05, 0) is 42.9 Å². The number of carboxylic acid groups (broad SMARTS) is 1. The summed E-state index contributed by atoms with van der Waals surface area (Å²) >= 11 is 0. The third-order valence-corrected chi connectivity index (χ3v) is 3.39. The van der Waals surface area contributed by atoms with E-state index < -0.39 is 11.8 Å². The van der Waals surface area contributed by atoms with Gasteiger partial charge in [-0.2, -0.15) is 0 Å². The van der Waals surface area contributed by atoms with E-state index in [1.54, 1.807) is 6.07 Å². The molecule has 0 saturated carbocycles. The lowest BCUT2D eigenvalue weighted by Gasteiger charge is -2.14. The summed E-state index contributed by atoms with van der Waals surface area (Å²) in [6.45, 7) is 0. The van der Waals surface area contributed by atoms with Gasteiger partial charge >= 0.3 is 5.97 Å². The molecule has 0 heterocycles. The van der Waals surface area contributed by atoms with E-state index in [1.165, 1.54) is 7.11 Å². The average Bonchev–Trinajstić information content (AvgIpc) is 2.61. The van der Waals surface area contributed by atoms with E-state index in [4.69, 9.17) is 9.84 Å². The number of hydrogen-bond donors (Lipinski definition) is 1. The van der Waals surface area contributed by atoms with Crippen molar-refractivity contribution in [1.82, 2.24) is 0 Å². The number of rotatable bonds is 3. The zero-order chi connectivity index (χ0) is 13.1. The van der Waals surface area contributed by atoms with Gasteiger partial charge in [-0.1, -0.05) is 12.5 Å². The fraction of sp³-hybridized carbons (Fsp3) is 0.429. The monoisotopic (exact) mass is 248 g/mol. The van der Waals surface area contributed by atoms with Crippen LogP contribution in [0.3, 0.4) is 0 Å². The van der Waals surface area contributed by atoms with Crippen LogP contribution in [0.1, 0.15) is 40.7 Å². The smallest absolute Gasteiger partial charge is 0.377 e. The molecule has 0 bridgehead atoms. The maximum absolute atomic E-state index is 11.8. The molecule has 0 amide bonds. The van der Waals surface area contributed by atoms with Gasteiger partial charge in [-0.15, -0.1) is 0 Å². The van der Waals surface area contributed by atoms with Crippen LogP contribution in [-0.2, 0) is 17.6 Å². The maximum atomic E-state index is 11.8. The molecule has 1 N–H and O–H groups in total. The number of carbonyl (C=O) groups excluding carboxylic acids is 1. The zero-order valence-corrected chi connectivity index (χ0v) is 10.4. The molecular formula is C14H16O4. The fourth-order valence-corrected chi connectivity index (χ4v) is 2.51. The normalized spacial score (nSPS) is 14.5. The maximum Gasteiger partial charge on any atom is 0.377 e. The van der Waals surface area contributed by atoms with Crippen LogP contribution in [0.5, 0.6) is 5.75 Å². The SMILES string of the molecule is COc1ccc2c(c1C(=O)C(=O)O)CCCCC2. The Morgan fingerprint density at radius 3 is 2.56 bits per heavy atom. The zero-order valence-electron chi connectivity index (χ0n) is 10.4. The molecule has 1 aliphatic rings. The number of aryl methyl sites for hydroxylation is 1. The molecule has 0 saturated heterocycles. The Morgan fingerprint density at radius 2 is 1.89 bits per heavy atom. The molecule has 0 fully saturated rings. The van der Waals surface area contributed by atoms with Crippen LogP contribution in [0.15, 0.2) is 12.1 Å². The van der Waals surface area contributed by atoms with E-state index in [0.29, 0.717) is 5.75 Å². The van der Waals surface area contributed by atoms with Crippen molar-refractivity contribution in [2.75, 3.05) is 7.11 Å². The number of fused-ring (bicyclic) bond motifs is 1. The number of aliphatic carboxylic acids is 1. The first-order valence-corrected chi connectivity index (χ1v) is 6.11. The quantitative estimate of drug-likeness (QED) is 0.506. The second kappa shape index (κ2) is 5.21. The molecule has 0 atom stereocenters. The van der Waals surface area contributed by atoms with Crippen LogP contribution in [-0.4, -0.2) is 24.0 Å². The topological polar surface area (TPSA) is 63.6 Å². The van der Waals surface area contributed by atoms with Gasteiger partial charge in [0.25, 0.3) is 5.78 Å². The Hall–Kier alpha value is -1.84. The highest BCUT2D eigenvalue weighted by Gasteiger charge is 2.25. The minimum Gasteiger partial charge on any atom is -0.496 e. The lowest BCUT2D eigenvalue weighted by Crippen LogP contribution is -2.17. The first-order chi connectivity index (χ1) is 8.65. The first kappa shape index (κ1) is 12.6. The van der Waals surface area contributed by atoms with E-state index in [9.17, 15) is 9.59 Å². The summed E-state index contributed by atoms with van der Waals surface area (Å²) in [5.74, 6) is -1.93. The molecule has 0 aromatic heterocycles. The van der Waals surface area contributed by atoms with Gasteiger partial charge in [0.15, 0.2) is 0 Å². The Labute approximate surface area is 106 Å². The van der Waals surface area contributed by atoms with Crippen molar-refractivity contribution in [3.8, 4) is 5.75 Å². The second-order valence-electron chi connectivity index (χ2n) is 4.48. The van der Waals surface area contributed by atoms with Crippen LogP contribution < -0.4 is 4.74 Å². The largest absolute Gasteiger partial charge is 0.496 e. The highest BCUT2D eigenvalue weighted by Crippen LogP contribution is 2.30. The number of ether oxygens (including phenoxy) is 1. The van der Waals surface area contributed by atoms with Crippen molar-refractivity contribution in [2.45, 2.75) is 32.1 Å². The third kappa shape index (κ3) is 2.23. The van der Waals surface area contributed by atoms with Crippen molar-refractivity contribution >= 4 is 11.8 Å². The van der Waals surface area contributed by atoms with Crippen LogP contribution in [0.2, 0.25) is 0 Å². The van der Waals surface area contributed by atoms with E-state index >= 15 is 0 Å². The second-order valence-corrected chi connectivity index (χ2v) is 4.48. The highest BCUT2D eigenvalue weighted by molar-refractivity contribution is 6.41. The van der Waals surface area contributed by atoms with Crippen LogP contribution in [0.25, 0.3) is 0 Å². The Balaban J connectivity index is 2.59. The summed E-state index contributed by atoms with van der Waals surface area (Å²) < 4.78 is 5.14.